The first-order chi connectivity index (χ1) is 10.6. The standard InChI is InChI=1S/C19H16N2O/c1-19(2)14-8-4-3-6-12(14)16-15(19)9-11-20-17(16)13-7-5-10-21-18(13)22/h3-11H,1-2H3,(H,21,22). The fourth-order valence-corrected chi connectivity index (χ4v) is 3.43. The zero-order valence-corrected chi connectivity index (χ0v) is 12.5. The van der Waals surface area contributed by atoms with E-state index in [1.807, 2.05) is 24.4 Å². The predicted molar refractivity (Wildman–Crippen MR) is 86.7 cm³/mol. The Morgan fingerprint density at radius 1 is 0.818 bits per heavy atom. The van der Waals surface area contributed by atoms with Gasteiger partial charge in [-0.2, -0.15) is 0 Å². The molecule has 108 valence electrons. The maximum absolute atomic E-state index is 10.1. The molecule has 3 aromatic rings. The Labute approximate surface area is 129 Å². The lowest BCUT2D eigenvalue weighted by Crippen LogP contribution is -2.14. The van der Waals surface area contributed by atoms with Crippen LogP contribution in [0, 0.1) is 0 Å². The van der Waals surface area contributed by atoms with Crippen LogP contribution in [0.3, 0.4) is 0 Å². The third-order valence-corrected chi connectivity index (χ3v) is 4.54. The van der Waals surface area contributed by atoms with Crippen LogP contribution in [0.2, 0.25) is 0 Å². The second-order valence-electron chi connectivity index (χ2n) is 6.13. The molecule has 3 heteroatoms. The largest absolute Gasteiger partial charge is 0.493 e. The number of hydrogen-bond acceptors (Lipinski definition) is 3. The van der Waals surface area contributed by atoms with E-state index in [-0.39, 0.29) is 11.3 Å². The van der Waals surface area contributed by atoms with Gasteiger partial charge in [-0.3, -0.25) is 4.98 Å². The number of hydrogen-bond donors (Lipinski definition) is 1. The minimum Gasteiger partial charge on any atom is -0.493 e. The molecule has 0 amide bonds. The van der Waals surface area contributed by atoms with Crippen LogP contribution in [0.15, 0.2) is 54.9 Å². The van der Waals surface area contributed by atoms with Crippen LogP contribution in [0.5, 0.6) is 5.88 Å². The van der Waals surface area contributed by atoms with Gasteiger partial charge in [-0.1, -0.05) is 38.1 Å². The molecule has 1 aromatic carbocycles. The maximum atomic E-state index is 10.1. The van der Waals surface area contributed by atoms with E-state index in [1.54, 1.807) is 6.20 Å². The van der Waals surface area contributed by atoms with Crippen molar-refractivity contribution in [2.24, 2.45) is 0 Å². The summed E-state index contributed by atoms with van der Waals surface area (Å²) < 4.78 is 0. The van der Waals surface area contributed by atoms with Gasteiger partial charge in [0.1, 0.15) is 0 Å². The smallest absolute Gasteiger partial charge is 0.220 e. The van der Waals surface area contributed by atoms with Crippen LogP contribution in [0.1, 0.15) is 25.0 Å². The van der Waals surface area contributed by atoms with E-state index in [0.29, 0.717) is 5.56 Å². The predicted octanol–water partition coefficient (Wildman–Crippen LogP) is 4.16. The zero-order chi connectivity index (χ0) is 15.3. The number of aromatic nitrogens is 2. The Morgan fingerprint density at radius 2 is 1.59 bits per heavy atom. The van der Waals surface area contributed by atoms with Gasteiger partial charge in [0.15, 0.2) is 0 Å². The van der Waals surface area contributed by atoms with E-state index in [2.05, 4.69) is 48.1 Å². The first-order valence-corrected chi connectivity index (χ1v) is 7.34. The summed E-state index contributed by atoms with van der Waals surface area (Å²) in [6.07, 6.45) is 3.40. The van der Waals surface area contributed by atoms with Gasteiger partial charge in [-0.25, -0.2) is 4.98 Å². The number of fused-ring (bicyclic) bond motifs is 3. The molecule has 0 spiro atoms. The summed E-state index contributed by atoms with van der Waals surface area (Å²) >= 11 is 0. The SMILES string of the molecule is CC1(C)c2ccccc2-c2c1ccnc2-c1cccnc1O. The summed E-state index contributed by atoms with van der Waals surface area (Å²) in [5, 5.41) is 10.1. The quantitative estimate of drug-likeness (QED) is 0.731. The fourth-order valence-electron chi connectivity index (χ4n) is 3.43. The van der Waals surface area contributed by atoms with E-state index in [0.717, 1.165) is 11.3 Å². The Kier molecular flexibility index (Phi) is 2.61. The van der Waals surface area contributed by atoms with Crippen LogP contribution in [0.4, 0.5) is 0 Å². The van der Waals surface area contributed by atoms with Gasteiger partial charge >= 0.3 is 0 Å². The van der Waals surface area contributed by atoms with Crippen molar-refractivity contribution in [3.05, 3.63) is 66.0 Å². The number of nitrogens with zero attached hydrogens (tertiary/aromatic N) is 2. The average Bonchev–Trinajstić information content (AvgIpc) is 2.77. The third-order valence-electron chi connectivity index (χ3n) is 4.54. The summed E-state index contributed by atoms with van der Waals surface area (Å²) in [5.74, 6) is 0.0191. The maximum Gasteiger partial charge on any atom is 0.220 e. The van der Waals surface area contributed by atoms with Crippen LogP contribution in [0.25, 0.3) is 22.4 Å². The Balaban J connectivity index is 2.09. The molecule has 0 aliphatic heterocycles. The lowest BCUT2D eigenvalue weighted by molar-refractivity contribution is 0.455. The molecule has 1 N–H and O–H groups in total. The fraction of sp³-hybridized carbons (Fsp3) is 0.158. The summed E-state index contributed by atoms with van der Waals surface area (Å²) in [4.78, 5) is 8.53. The van der Waals surface area contributed by atoms with Crippen molar-refractivity contribution in [1.82, 2.24) is 9.97 Å². The first kappa shape index (κ1) is 13.0. The molecule has 2 aromatic heterocycles. The van der Waals surface area contributed by atoms with Crippen molar-refractivity contribution in [1.29, 1.82) is 0 Å². The van der Waals surface area contributed by atoms with Crippen LogP contribution >= 0.6 is 0 Å². The minimum absolute atomic E-state index is 0.0191. The normalized spacial score (nSPS) is 14.5. The lowest BCUT2D eigenvalue weighted by atomic mass is 9.82. The molecule has 4 rings (SSSR count). The molecule has 22 heavy (non-hydrogen) atoms. The highest BCUT2D eigenvalue weighted by molar-refractivity contribution is 5.91. The second-order valence-corrected chi connectivity index (χ2v) is 6.13. The Hall–Kier alpha value is -2.68. The molecular weight excluding hydrogens is 272 g/mol. The number of pyridine rings is 2. The summed E-state index contributed by atoms with van der Waals surface area (Å²) in [6, 6.07) is 14.2. The molecule has 0 saturated heterocycles. The summed E-state index contributed by atoms with van der Waals surface area (Å²) in [6.45, 7) is 4.45. The van der Waals surface area contributed by atoms with E-state index in [4.69, 9.17) is 0 Å². The molecule has 0 bridgehead atoms. The zero-order valence-electron chi connectivity index (χ0n) is 12.5. The number of benzene rings is 1. The van der Waals surface area contributed by atoms with Crippen molar-refractivity contribution in [3.8, 4) is 28.3 Å². The van der Waals surface area contributed by atoms with Crippen molar-refractivity contribution in [2.45, 2.75) is 19.3 Å². The van der Waals surface area contributed by atoms with Gasteiger partial charge in [0.05, 0.1) is 11.3 Å². The summed E-state index contributed by atoms with van der Waals surface area (Å²) in [7, 11) is 0. The van der Waals surface area contributed by atoms with E-state index >= 15 is 0 Å². The first-order valence-electron chi connectivity index (χ1n) is 7.34. The highest BCUT2D eigenvalue weighted by Gasteiger charge is 2.37. The molecule has 3 nitrogen and oxygen atoms in total. The second kappa shape index (κ2) is 4.41. The van der Waals surface area contributed by atoms with Gasteiger partial charge < -0.3 is 5.11 Å². The van der Waals surface area contributed by atoms with Crippen molar-refractivity contribution in [2.75, 3.05) is 0 Å². The van der Waals surface area contributed by atoms with Gasteiger partial charge in [-0.15, -0.1) is 0 Å². The van der Waals surface area contributed by atoms with Crippen molar-refractivity contribution < 1.29 is 5.11 Å². The van der Waals surface area contributed by atoms with E-state index < -0.39 is 0 Å². The molecule has 2 heterocycles. The number of aromatic hydroxyl groups is 1. The molecule has 0 radical (unpaired) electrons. The van der Waals surface area contributed by atoms with Gasteiger partial charge in [-0.05, 0) is 34.9 Å². The lowest BCUT2D eigenvalue weighted by Gasteiger charge is -2.21. The van der Waals surface area contributed by atoms with Crippen LogP contribution < -0.4 is 0 Å². The Morgan fingerprint density at radius 3 is 2.41 bits per heavy atom. The highest BCUT2D eigenvalue weighted by atomic mass is 16.3. The number of rotatable bonds is 1. The topological polar surface area (TPSA) is 46.0 Å². The molecule has 0 atom stereocenters. The summed E-state index contributed by atoms with van der Waals surface area (Å²) in [5.41, 5.74) is 6.22. The minimum atomic E-state index is -0.0680. The van der Waals surface area contributed by atoms with E-state index in [9.17, 15) is 5.11 Å². The molecule has 0 fully saturated rings. The van der Waals surface area contributed by atoms with Crippen LogP contribution in [-0.4, -0.2) is 15.1 Å². The Bertz CT molecular complexity index is 884. The van der Waals surface area contributed by atoms with Gasteiger partial charge in [0.25, 0.3) is 0 Å². The van der Waals surface area contributed by atoms with E-state index in [1.165, 1.54) is 16.7 Å². The third kappa shape index (κ3) is 1.62. The van der Waals surface area contributed by atoms with Crippen molar-refractivity contribution in [3.63, 3.8) is 0 Å². The molecule has 1 aliphatic carbocycles. The monoisotopic (exact) mass is 288 g/mol. The highest BCUT2D eigenvalue weighted by Crippen LogP contribution is 2.51. The average molecular weight is 288 g/mol. The van der Waals surface area contributed by atoms with Gasteiger partial charge in [0.2, 0.25) is 5.88 Å². The molecular formula is C19H16N2O. The molecule has 1 aliphatic rings. The molecule has 0 unspecified atom stereocenters. The van der Waals surface area contributed by atoms with Crippen LogP contribution in [-0.2, 0) is 5.41 Å². The van der Waals surface area contributed by atoms with Crippen molar-refractivity contribution >= 4 is 0 Å². The molecule has 0 saturated carbocycles. The van der Waals surface area contributed by atoms with Gasteiger partial charge in [0, 0.05) is 23.4 Å².